The first-order chi connectivity index (χ1) is 13.5. The third-order valence-electron chi connectivity index (χ3n) is 3.80. The van der Waals surface area contributed by atoms with Crippen LogP contribution in [-0.2, 0) is 9.53 Å². The molecule has 7 nitrogen and oxygen atoms in total. The summed E-state index contributed by atoms with van der Waals surface area (Å²) in [4.78, 5) is 29.4. The summed E-state index contributed by atoms with van der Waals surface area (Å²) in [6, 6.07) is 9.36. The summed E-state index contributed by atoms with van der Waals surface area (Å²) in [5.41, 5.74) is 0.546. The van der Waals surface area contributed by atoms with Gasteiger partial charge in [0.1, 0.15) is 5.82 Å². The third-order valence-corrected chi connectivity index (χ3v) is 4.67. The average molecular weight is 402 g/mol. The molecule has 1 aromatic carbocycles. The molecule has 0 spiro atoms. The van der Waals surface area contributed by atoms with Crippen molar-refractivity contribution in [3.8, 4) is 16.4 Å². The van der Waals surface area contributed by atoms with E-state index in [2.05, 4.69) is 15.4 Å². The highest BCUT2D eigenvalue weighted by Gasteiger charge is 2.24. The molecule has 2 heterocycles. The van der Waals surface area contributed by atoms with E-state index in [-0.39, 0.29) is 17.5 Å². The molecule has 3 aromatic rings. The topological polar surface area (TPSA) is 86.1 Å². The fourth-order valence-corrected chi connectivity index (χ4v) is 3.08. The van der Waals surface area contributed by atoms with Crippen molar-refractivity contribution in [1.29, 1.82) is 0 Å². The zero-order chi connectivity index (χ0) is 20.1. The molecular formula is C19H19FN4O3S. The molecule has 28 heavy (non-hydrogen) atoms. The van der Waals surface area contributed by atoms with Crippen LogP contribution in [0.4, 0.5) is 4.39 Å². The Kier molecular flexibility index (Phi) is 6.15. The van der Waals surface area contributed by atoms with E-state index in [1.165, 1.54) is 47.2 Å². The van der Waals surface area contributed by atoms with Crippen molar-refractivity contribution in [3.05, 3.63) is 53.4 Å². The predicted molar refractivity (Wildman–Crippen MR) is 103 cm³/mol. The van der Waals surface area contributed by atoms with Crippen LogP contribution in [0.25, 0.3) is 16.4 Å². The van der Waals surface area contributed by atoms with Crippen LogP contribution in [-0.4, -0.2) is 39.3 Å². The van der Waals surface area contributed by atoms with Gasteiger partial charge in [0, 0.05) is 6.54 Å². The zero-order valence-electron chi connectivity index (χ0n) is 15.4. The number of carbonyl (C=O) groups excluding carboxylic acids is 2. The number of carbonyl (C=O) groups is 2. The van der Waals surface area contributed by atoms with Gasteiger partial charge in [0.05, 0.1) is 10.6 Å². The largest absolute Gasteiger partial charge is 0.447 e. The molecule has 0 aliphatic carbocycles. The van der Waals surface area contributed by atoms with Crippen molar-refractivity contribution in [2.75, 3.05) is 6.54 Å². The molecule has 0 saturated heterocycles. The average Bonchev–Trinajstić information content (AvgIpc) is 3.36. The second kappa shape index (κ2) is 8.75. The lowest BCUT2D eigenvalue weighted by Gasteiger charge is -2.11. The summed E-state index contributed by atoms with van der Waals surface area (Å²) < 4.78 is 19.9. The zero-order valence-corrected chi connectivity index (χ0v) is 16.2. The SMILES string of the molecule is CCCNC(=O)[C@H](C)OC(=O)c1nc(-c2cccs2)n(-c2ccc(F)cc2)n1. The van der Waals surface area contributed by atoms with Gasteiger partial charge in [0.25, 0.3) is 11.7 Å². The molecule has 9 heteroatoms. The monoisotopic (exact) mass is 402 g/mol. The van der Waals surface area contributed by atoms with Crippen LogP contribution in [0.1, 0.15) is 30.9 Å². The number of esters is 1. The number of thiophene rings is 1. The van der Waals surface area contributed by atoms with Gasteiger partial charge >= 0.3 is 5.97 Å². The normalized spacial score (nSPS) is 11.8. The van der Waals surface area contributed by atoms with Gasteiger partial charge in [0.2, 0.25) is 0 Å². The Morgan fingerprint density at radius 3 is 2.68 bits per heavy atom. The number of ether oxygens (including phenoxy) is 1. The van der Waals surface area contributed by atoms with E-state index < -0.39 is 12.1 Å². The Hall–Kier alpha value is -3.07. The van der Waals surface area contributed by atoms with E-state index >= 15 is 0 Å². The number of hydrogen-bond acceptors (Lipinski definition) is 6. The number of amides is 1. The number of halogens is 1. The molecule has 2 aromatic heterocycles. The molecule has 0 unspecified atom stereocenters. The minimum absolute atomic E-state index is 0.178. The number of nitrogens with zero attached hydrogens (tertiary/aromatic N) is 3. The van der Waals surface area contributed by atoms with Crippen molar-refractivity contribution in [2.24, 2.45) is 0 Å². The highest BCUT2D eigenvalue weighted by atomic mass is 32.1. The first-order valence-electron chi connectivity index (χ1n) is 8.75. The van der Waals surface area contributed by atoms with Crippen molar-refractivity contribution in [3.63, 3.8) is 0 Å². The summed E-state index contributed by atoms with van der Waals surface area (Å²) in [5.74, 6) is -1.32. The van der Waals surface area contributed by atoms with Crippen LogP contribution in [0, 0.1) is 5.82 Å². The molecule has 0 saturated carbocycles. The number of aromatic nitrogens is 3. The van der Waals surface area contributed by atoms with E-state index in [1.807, 2.05) is 24.4 Å². The number of hydrogen-bond donors (Lipinski definition) is 1. The second-order valence-corrected chi connectivity index (χ2v) is 6.91. The van der Waals surface area contributed by atoms with E-state index in [9.17, 15) is 14.0 Å². The minimum Gasteiger partial charge on any atom is -0.447 e. The lowest BCUT2D eigenvalue weighted by molar-refractivity contribution is -0.129. The van der Waals surface area contributed by atoms with E-state index in [0.29, 0.717) is 18.1 Å². The van der Waals surface area contributed by atoms with Gasteiger partial charge in [-0.15, -0.1) is 16.4 Å². The van der Waals surface area contributed by atoms with Gasteiger partial charge in [-0.1, -0.05) is 13.0 Å². The summed E-state index contributed by atoms with van der Waals surface area (Å²) in [6.45, 7) is 3.91. The van der Waals surface area contributed by atoms with E-state index in [4.69, 9.17) is 4.74 Å². The fourth-order valence-electron chi connectivity index (χ4n) is 2.38. The van der Waals surface area contributed by atoms with Gasteiger partial charge < -0.3 is 10.1 Å². The maximum atomic E-state index is 13.3. The Morgan fingerprint density at radius 1 is 1.29 bits per heavy atom. The van der Waals surface area contributed by atoms with Crippen molar-refractivity contribution in [2.45, 2.75) is 26.4 Å². The maximum Gasteiger partial charge on any atom is 0.379 e. The molecule has 146 valence electrons. The lowest BCUT2D eigenvalue weighted by Crippen LogP contribution is -2.36. The number of nitrogens with one attached hydrogen (secondary N) is 1. The second-order valence-electron chi connectivity index (χ2n) is 5.96. The molecule has 0 bridgehead atoms. The first kappa shape index (κ1) is 19.7. The Labute approximate surface area is 165 Å². The Bertz CT molecular complexity index is 954. The molecular weight excluding hydrogens is 383 g/mol. The summed E-state index contributed by atoms with van der Waals surface area (Å²) in [5, 5.41) is 8.76. The van der Waals surface area contributed by atoms with Crippen molar-refractivity contribution < 1.29 is 18.7 Å². The van der Waals surface area contributed by atoms with E-state index in [0.717, 1.165) is 11.3 Å². The van der Waals surface area contributed by atoms with Crippen molar-refractivity contribution >= 4 is 23.2 Å². The Balaban J connectivity index is 1.88. The van der Waals surface area contributed by atoms with Crippen molar-refractivity contribution in [1.82, 2.24) is 20.1 Å². The smallest absolute Gasteiger partial charge is 0.379 e. The Morgan fingerprint density at radius 2 is 2.04 bits per heavy atom. The van der Waals surface area contributed by atoms with Gasteiger partial charge in [-0.2, -0.15) is 4.98 Å². The van der Waals surface area contributed by atoms with Crippen LogP contribution < -0.4 is 5.32 Å². The van der Waals surface area contributed by atoms with Crippen LogP contribution in [0.5, 0.6) is 0 Å². The van der Waals surface area contributed by atoms with Gasteiger partial charge in [-0.05, 0) is 49.1 Å². The van der Waals surface area contributed by atoms with Crippen LogP contribution in [0.15, 0.2) is 41.8 Å². The number of benzene rings is 1. The molecule has 1 N–H and O–H groups in total. The van der Waals surface area contributed by atoms with Crippen LogP contribution in [0.2, 0.25) is 0 Å². The standard InChI is InChI=1S/C19H19FN4O3S/c1-3-10-21-18(25)12(2)27-19(26)16-22-17(15-5-4-11-28-15)24(23-16)14-8-6-13(20)7-9-14/h4-9,11-12H,3,10H2,1-2H3,(H,21,25)/t12-/m0/s1. The van der Waals surface area contributed by atoms with Crippen LogP contribution in [0.3, 0.4) is 0 Å². The highest BCUT2D eigenvalue weighted by molar-refractivity contribution is 7.13. The summed E-state index contributed by atoms with van der Waals surface area (Å²) in [6.07, 6.45) is -0.192. The highest BCUT2D eigenvalue weighted by Crippen LogP contribution is 2.26. The molecule has 0 radical (unpaired) electrons. The van der Waals surface area contributed by atoms with E-state index in [1.54, 1.807) is 0 Å². The quantitative estimate of drug-likeness (QED) is 0.614. The third kappa shape index (κ3) is 4.42. The molecule has 0 fully saturated rings. The molecule has 0 aliphatic heterocycles. The molecule has 0 aliphatic rings. The first-order valence-corrected chi connectivity index (χ1v) is 9.63. The summed E-state index contributed by atoms with van der Waals surface area (Å²) in [7, 11) is 0. The van der Waals surface area contributed by atoms with Gasteiger partial charge in [-0.25, -0.2) is 13.9 Å². The van der Waals surface area contributed by atoms with Gasteiger partial charge in [0.15, 0.2) is 11.9 Å². The van der Waals surface area contributed by atoms with Gasteiger partial charge in [-0.3, -0.25) is 4.79 Å². The molecule has 3 rings (SSSR count). The fraction of sp³-hybridized carbons (Fsp3) is 0.263. The van der Waals surface area contributed by atoms with Crippen LogP contribution >= 0.6 is 11.3 Å². The lowest BCUT2D eigenvalue weighted by atomic mass is 10.3. The molecule has 1 amide bonds. The predicted octanol–water partition coefficient (Wildman–Crippen LogP) is 3.21. The maximum absolute atomic E-state index is 13.3. The number of rotatable bonds is 7. The minimum atomic E-state index is -0.970. The molecule has 1 atom stereocenters. The summed E-state index contributed by atoms with van der Waals surface area (Å²) >= 11 is 1.43.